The lowest BCUT2D eigenvalue weighted by molar-refractivity contribution is -0.122. The summed E-state index contributed by atoms with van der Waals surface area (Å²) < 4.78 is 25.7. The predicted octanol–water partition coefficient (Wildman–Crippen LogP) is 1.51. The third kappa shape index (κ3) is 2.88. The van der Waals surface area contributed by atoms with Gasteiger partial charge in [0.2, 0.25) is 5.91 Å². The fraction of sp³-hybridized carbons (Fsp3) is 0.273. The Morgan fingerprint density at radius 2 is 2.00 bits per heavy atom. The molecule has 1 amide bonds. The van der Waals surface area contributed by atoms with Gasteiger partial charge >= 0.3 is 0 Å². The maximum absolute atomic E-state index is 11.9. The number of carbonyl (C=O) groups excluding carboxylic acids is 1. The molecule has 0 atom stereocenters. The molecule has 0 radical (unpaired) electrons. The van der Waals surface area contributed by atoms with Gasteiger partial charge in [0, 0.05) is 12.1 Å². The van der Waals surface area contributed by atoms with Crippen molar-refractivity contribution in [3.8, 4) is 0 Å². The van der Waals surface area contributed by atoms with Crippen LogP contribution in [0.1, 0.15) is 12.8 Å². The molecular formula is C11H11ClN2O3S. The van der Waals surface area contributed by atoms with Crippen molar-refractivity contribution in [2.75, 3.05) is 0 Å². The standard InChI is InChI=1S/C11H11ClN2O3S/c12-9-5-6-10(13-7-9)18(16,17)14-11(15)8-3-1-2-4-8/h1-2,5-8H,3-4H2,(H,14,15). The van der Waals surface area contributed by atoms with E-state index in [1.54, 1.807) is 0 Å². The summed E-state index contributed by atoms with van der Waals surface area (Å²) in [5.74, 6) is -0.816. The van der Waals surface area contributed by atoms with E-state index in [-0.39, 0.29) is 10.9 Å². The molecule has 0 spiro atoms. The molecule has 0 saturated carbocycles. The summed E-state index contributed by atoms with van der Waals surface area (Å²) in [4.78, 5) is 15.4. The summed E-state index contributed by atoms with van der Waals surface area (Å²) in [6.45, 7) is 0. The van der Waals surface area contributed by atoms with Crippen LogP contribution in [0.25, 0.3) is 0 Å². The fourth-order valence-corrected chi connectivity index (χ4v) is 2.71. The average Bonchev–Trinajstić information content (AvgIpc) is 2.82. The molecule has 2 rings (SSSR count). The molecule has 0 aromatic carbocycles. The van der Waals surface area contributed by atoms with Crippen molar-refractivity contribution < 1.29 is 13.2 Å². The number of hydrogen-bond acceptors (Lipinski definition) is 4. The first-order valence-corrected chi connectivity index (χ1v) is 7.18. The summed E-state index contributed by atoms with van der Waals surface area (Å²) in [5, 5.41) is 0.117. The highest BCUT2D eigenvalue weighted by Gasteiger charge is 2.25. The maximum Gasteiger partial charge on any atom is 0.281 e. The van der Waals surface area contributed by atoms with Gasteiger partial charge in [-0.2, -0.15) is 8.42 Å². The molecule has 1 aromatic heterocycles. The molecule has 96 valence electrons. The predicted molar refractivity (Wildman–Crippen MR) is 66.4 cm³/mol. The van der Waals surface area contributed by atoms with Crippen LogP contribution in [0.3, 0.4) is 0 Å². The van der Waals surface area contributed by atoms with Crippen LogP contribution in [0, 0.1) is 5.92 Å². The van der Waals surface area contributed by atoms with E-state index in [1.165, 1.54) is 18.3 Å². The van der Waals surface area contributed by atoms with E-state index in [4.69, 9.17) is 11.6 Å². The lowest BCUT2D eigenvalue weighted by Gasteiger charge is -2.10. The zero-order chi connectivity index (χ0) is 13.2. The van der Waals surface area contributed by atoms with Crippen LogP contribution in [-0.2, 0) is 14.8 Å². The molecular weight excluding hydrogens is 276 g/mol. The third-order valence-electron chi connectivity index (χ3n) is 2.59. The number of nitrogens with one attached hydrogen (secondary N) is 1. The quantitative estimate of drug-likeness (QED) is 0.855. The molecule has 0 aliphatic heterocycles. The van der Waals surface area contributed by atoms with Crippen molar-refractivity contribution in [1.29, 1.82) is 0 Å². The van der Waals surface area contributed by atoms with Crippen molar-refractivity contribution in [2.45, 2.75) is 17.9 Å². The van der Waals surface area contributed by atoms with Crippen molar-refractivity contribution >= 4 is 27.5 Å². The Morgan fingerprint density at radius 3 is 2.56 bits per heavy atom. The molecule has 0 saturated heterocycles. The van der Waals surface area contributed by atoms with Gasteiger partial charge in [-0.25, -0.2) is 9.71 Å². The van der Waals surface area contributed by atoms with Crippen LogP contribution in [0.2, 0.25) is 5.02 Å². The number of amides is 1. The summed E-state index contributed by atoms with van der Waals surface area (Å²) in [6, 6.07) is 2.66. The maximum atomic E-state index is 11.9. The van der Waals surface area contributed by atoms with Gasteiger partial charge in [-0.05, 0) is 25.0 Å². The smallest absolute Gasteiger partial charge is 0.274 e. The van der Waals surface area contributed by atoms with Gasteiger partial charge in [0.25, 0.3) is 10.0 Å². The first kappa shape index (κ1) is 13.0. The largest absolute Gasteiger partial charge is 0.281 e. The third-order valence-corrected chi connectivity index (χ3v) is 4.07. The second-order valence-electron chi connectivity index (χ2n) is 3.92. The second kappa shape index (κ2) is 5.07. The first-order valence-electron chi connectivity index (χ1n) is 5.32. The van der Waals surface area contributed by atoms with Crippen molar-refractivity contribution in [3.63, 3.8) is 0 Å². The number of halogens is 1. The molecule has 1 heterocycles. The lowest BCUT2D eigenvalue weighted by atomic mass is 10.1. The van der Waals surface area contributed by atoms with Crippen LogP contribution in [0.4, 0.5) is 0 Å². The van der Waals surface area contributed by atoms with Gasteiger partial charge in [-0.3, -0.25) is 4.79 Å². The number of aromatic nitrogens is 1. The molecule has 1 N–H and O–H groups in total. The van der Waals surface area contributed by atoms with E-state index < -0.39 is 15.9 Å². The molecule has 1 aliphatic rings. The Balaban J connectivity index is 2.12. The number of pyridine rings is 1. The zero-order valence-electron chi connectivity index (χ0n) is 9.34. The van der Waals surface area contributed by atoms with Gasteiger partial charge in [-0.15, -0.1) is 0 Å². The molecule has 0 bridgehead atoms. The van der Waals surface area contributed by atoms with Crippen LogP contribution < -0.4 is 4.72 Å². The average molecular weight is 287 g/mol. The van der Waals surface area contributed by atoms with Crippen LogP contribution >= 0.6 is 11.6 Å². The molecule has 7 heteroatoms. The molecule has 0 unspecified atom stereocenters. The number of nitrogens with zero attached hydrogens (tertiary/aromatic N) is 1. The van der Waals surface area contributed by atoms with E-state index in [0.29, 0.717) is 17.9 Å². The van der Waals surface area contributed by atoms with Crippen molar-refractivity contribution in [3.05, 3.63) is 35.5 Å². The summed E-state index contributed by atoms with van der Waals surface area (Å²) in [6.07, 6.45) is 6.07. The minimum Gasteiger partial charge on any atom is -0.274 e. The number of sulfonamides is 1. The number of carbonyl (C=O) groups is 1. The van der Waals surface area contributed by atoms with Crippen molar-refractivity contribution in [2.24, 2.45) is 5.92 Å². The van der Waals surface area contributed by atoms with Gasteiger partial charge in [0.1, 0.15) is 0 Å². The summed E-state index contributed by atoms with van der Waals surface area (Å²) in [5.41, 5.74) is 0. The highest BCUT2D eigenvalue weighted by atomic mass is 35.5. The zero-order valence-corrected chi connectivity index (χ0v) is 10.9. The van der Waals surface area contributed by atoms with E-state index in [9.17, 15) is 13.2 Å². The molecule has 1 aliphatic carbocycles. The van der Waals surface area contributed by atoms with Crippen LogP contribution in [0.5, 0.6) is 0 Å². The number of allylic oxidation sites excluding steroid dienone is 2. The van der Waals surface area contributed by atoms with Crippen LogP contribution in [-0.4, -0.2) is 19.3 Å². The van der Waals surface area contributed by atoms with E-state index in [2.05, 4.69) is 4.98 Å². The van der Waals surface area contributed by atoms with E-state index in [0.717, 1.165) is 0 Å². The summed E-state index contributed by atoms with van der Waals surface area (Å²) in [7, 11) is -3.91. The van der Waals surface area contributed by atoms with Crippen molar-refractivity contribution in [1.82, 2.24) is 9.71 Å². The number of rotatable bonds is 3. The summed E-state index contributed by atoms with van der Waals surface area (Å²) >= 11 is 5.62. The van der Waals surface area contributed by atoms with Crippen LogP contribution in [0.15, 0.2) is 35.5 Å². The SMILES string of the molecule is O=C(NS(=O)(=O)c1ccc(Cl)cn1)C1CC=CC1. The molecule has 0 fully saturated rings. The second-order valence-corrected chi connectivity index (χ2v) is 5.99. The monoisotopic (exact) mass is 286 g/mol. The minimum atomic E-state index is -3.91. The molecule has 18 heavy (non-hydrogen) atoms. The van der Waals surface area contributed by atoms with Gasteiger partial charge in [0.15, 0.2) is 5.03 Å². The van der Waals surface area contributed by atoms with Gasteiger partial charge in [-0.1, -0.05) is 23.8 Å². The Hall–Kier alpha value is -1.40. The first-order chi connectivity index (χ1) is 8.49. The van der Waals surface area contributed by atoms with Gasteiger partial charge < -0.3 is 0 Å². The Bertz CT molecular complexity index is 573. The van der Waals surface area contributed by atoms with Gasteiger partial charge in [0.05, 0.1) is 5.02 Å². The normalized spacial score (nSPS) is 15.8. The molecule has 1 aromatic rings. The Labute approximate surface area is 110 Å². The highest BCUT2D eigenvalue weighted by Crippen LogP contribution is 2.18. The van der Waals surface area contributed by atoms with E-state index >= 15 is 0 Å². The molecule has 5 nitrogen and oxygen atoms in total. The number of hydrogen-bond donors (Lipinski definition) is 1. The fourth-order valence-electron chi connectivity index (χ4n) is 1.62. The lowest BCUT2D eigenvalue weighted by Crippen LogP contribution is -2.35. The minimum absolute atomic E-state index is 0.216. The van der Waals surface area contributed by atoms with E-state index in [1.807, 2.05) is 16.9 Å². The Morgan fingerprint density at radius 1 is 1.33 bits per heavy atom. The highest BCUT2D eigenvalue weighted by molar-refractivity contribution is 7.90. The topological polar surface area (TPSA) is 76.1 Å². The Kier molecular flexibility index (Phi) is 3.68.